The fourth-order valence-corrected chi connectivity index (χ4v) is 7.80. The molecule has 3 nitrogen and oxygen atoms in total. The Hall–Kier alpha value is -0.570. The molecule has 0 saturated heterocycles. The molecule has 0 spiro atoms. The summed E-state index contributed by atoms with van der Waals surface area (Å²) in [7, 11) is 0. The van der Waals surface area contributed by atoms with Crippen LogP contribution in [0.25, 0.3) is 0 Å². The van der Waals surface area contributed by atoms with E-state index in [1.165, 1.54) is 38.5 Å². The van der Waals surface area contributed by atoms with E-state index in [1.54, 1.807) is 0 Å². The number of aliphatic hydroxyl groups is 1. The van der Waals surface area contributed by atoms with Crippen LogP contribution in [-0.2, 0) is 9.53 Å². The van der Waals surface area contributed by atoms with Crippen LogP contribution >= 0.6 is 0 Å². The number of carbonyl (C=O) groups excluding carboxylic acids is 1. The van der Waals surface area contributed by atoms with Gasteiger partial charge < -0.3 is 9.84 Å². The van der Waals surface area contributed by atoms with E-state index in [0.29, 0.717) is 11.8 Å². The lowest BCUT2D eigenvalue weighted by molar-refractivity contribution is -0.165. The number of ether oxygens (including phenoxy) is 1. The van der Waals surface area contributed by atoms with Crippen LogP contribution in [0.3, 0.4) is 0 Å². The van der Waals surface area contributed by atoms with Crippen molar-refractivity contribution >= 4 is 5.97 Å². The highest BCUT2D eigenvalue weighted by Gasteiger charge is 2.60. The van der Waals surface area contributed by atoms with Crippen molar-refractivity contribution in [1.82, 2.24) is 0 Å². The molecule has 4 aliphatic carbocycles. The van der Waals surface area contributed by atoms with Crippen molar-refractivity contribution in [2.75, 3.05) is 0 Å². The molecule has 0 aromatic carbocycles. The van der Waals surface area contributed by atoms with Crippen LogP contribution in [0.15, 0.2) is 0 Å². The van der Waals surface area contributed by atoms with Gasteiger partial charge in [0.1, 0.15) is 6.10 Å². The minimum absolute atomic E-state index is 0.0124. The predicted octanol–water partition coefficient (Wildman–Crippen LogP) is 5.10. The SMILES string of the molecule is CCCC(=O)OC1CCC2C3CCC4C[C@@H](O)CC[C@]4(C)C3CC[C@]12C. The third kappa shape index (κ3) is 2.84. The summed E-state index contributed by atoms with van der Waals surface area (Å²) >= 11 is 0. The first-order chi connectivity index (χ1) is 12.4. The molecule has 4 aliphatic rings. The second kappa shape index (κ2) is 6.79. The molecule has 3 heteroatoms. The van der Waals surface area contributed by atoms with Crippen molar-refractivity contribution in [1.29, 1.82) is 0 Å². The predicted molar refractivity (Wildman–Crippen MR) is 103 cm³/mol. The van der Waals surface area contributed by atoms with Gasteiger partial charge in [0.05, 0.1) is 6.10 Å². The van der Waals surface area contributed by atoms with Gasteiger partial charge in [-0.2, -0.15) is 0 Å². The van der Waals surface area contributed by atoms with Gasteiger partial charge in [-0.25, -0.2) is 0 Å². The van der Waals surface area contributed by atoms with Crippen LogP contribution in [0, 0.1) is 34.5 Å². The molecule has 0 radical (unpaired) electrons. The van der Waals surface area contributed by atoms with Gasteiger partial charge in [-0.1, -0.05) is 20.8 Å². The molecule has 26 heavy (non-hydrogen) atoms. The molecule has 4 saturated carbocycles. The maximum atomic E-state index is 12.1. The second-order valence-electron chi connectivity index (χ2n) is 10.4. The lowest BCUT2D eigenvalue weighted by Gasteiger charge is -2.60. The second-order valence-corrected chi connectivity index (χ2v) is 10.4. The van der Waals surface area contributed by atoms with Crippen LogP contribution in [-0.4, -0.2) is 23.3 Å². The number of esters is 1. The lowest BCUT2D eigenvalue weighted by atomic mass is 9.45. The Balaban J connectivity index is 1.51. The van der Waals surface area contributed by atoms with Crippen molar-refractivity contribution in [2.24, 2.45) is 34.5 Å². The van der Waals surface area contributed by atoms with Crippen molar-refractivity contribution in [3.05, 3.63) is 0 Å². The summed E-state index contributed by atoms with van der Waals surface area (Å²) in [6.07, 6.45) is 12.2. The molecule has 0 aromatic rings. The Bertz CT molecular complexity index is 546. The summed E-state index contributed by atoms with van der Waals surface area (Å²) in [6.45, 7) is 7.01. The Labute approximate surface area is 159 Å². The summed E-state index contributed by atoms with van der Waals surface area (Å²) in [6, 6.07) is 0. The standard InChI is InChI=1S/C23H38O3/c1-4-5-21(25)26-20-9-8-18-17-7-6-15-14-16(24)10-12-22(15,2)19(17)11-13-23(18,20)3/h15-20,24H,4-14H2,1-3H3/t15?,16-,17?,18?,19?,20?,22-,23-/m0/s1. The Morgan fingerprint density at radius 2 is 1.73 bits per heavy atom. The molecule has 4 rings (SSSR count). The molecule has 4 fully saturated rings. The van der Waals surface area contributed by atoms with Gasteiger partial charge in [0, 0.05) is 11.8 Å². The van der Waals surface area contributed by atoms with Gasteiger partial charge in [-0.05, 0) is 93.3 Å². The monoisotopic (exact) mass is 362 g/mol. The number of aliphatic hydroxyl groups excluding tert-OH is 1. The molecule has 5 unspecified atom stereocenters. The number of hydrogen-bond acceptors (Lipinski definition) is 3. The van der Waals surface area contributed by atoms with E-state index in [-0.39, 0.29) is 23.6 Å². The third-order valence-electron chi connectivity index (χ3n) is 9.28. The third-order valence-corrected chi connectivity index (χ3v) is 9.28. The molecule has 0 bridgehead atoms. The molecular weight excluding hydrogens is 324 g/mol. The normalized spacial score (nSPS) is 50.5. The number of rotatable bonds is 3. The minimum Gasteiger partial charge on any atom is -0.462 e. The first kappa shape index (κ1) is 18.8. The summed E-state index contributed by atoms with van der Waals surface area (Å²) in [4.78, 5) is 12.1. The molecule has 148 valence electrons. The highest BCUT2D eigenvalue weighted by atomic mass is 16.5. The summed E-state index contributed by atoms with van der Waals surface area (Å²) in [5.74, 6) is 3.08. The van der Waals surface area contributed by atoms with Crippen molar-refractivity contribution < 1.29 is 14.6 Å². The Morgan fingerprint density at radius 1 is 1.00 bits per heavy atom. The fourth-order valence-electron chi connectivity index (χ4n) is 7.80. The van der Waals surface area contributed by atoms with Gasteiger partial charge in [0.25, 0.3) is 0 Å². The molecule has 0 aliphatic heterocycles. The summed E-state index contributed by atoms with van der Waals surface area (Å²) in [5, 5.41) is 10.2. The quantitative estimate of drug-likeness (QED) is 0.710. The molecule has 0 heterocycles. The zero-order valence-electron chi connectivity index (χ0n) is 17.0. The first-order valence-corrected chi connectivity index (χ1v) is 11.3. The largest absolute Gasteiger partial charge is 0.462 e. The van der Waals surface area contributed by atoms with Crippen LogP contribution in [0.4, 0.5) is 0 Å². The summed E-state index contributed by atoms with van der Waals surface area (Å²) < 4.78 is 5.98. The molecule has 0 aromatic heterocycles. The van der Waals surface area contributed by atoms with E-state index in [1.807, 2.05) is 6.92 Å². The maximum absolute atomic E-state index is 12.1. The van der Waals surface area contributed by atoms with Crippen molar-refractivity contribution in [3.63, 3.8) is 0 Å². The minimum atomic E-state index is -0.0627. The number of carbonyl (C=O) groups is 1. The summed E-state index contributed by atoms with van der Waals surface area (Å²) in [5.41, 5.74) is 0.627. The maximum Gasteiger partial charge on any atom is 0.306 e. The topological polar surface area (TPSA) is 46.5 Å². The highest BCUT2D eigenvalue weighted by molar-refractivity contribution is 5.69. The molecule has 1 N–H and O–H groups in total. The number of fused-ring (bicyclic) bond motifs is 5. The molecular formula is C23H38O3. The van der Waals surface area contributed by atoms with E-state index < -0.39 is 0 Å². The van der Waals surface area contributed by atoms with E-state index in [2.05, 4.69) is 13.8 Å². The van der Waals surface area contributed by atoms with E-state index in [9.17, 15) is 9.90 Å². The first-order valence-electron chi connectivity index (χ1n) is 11.3. The number of hydrogen-bond donors (Lipinski definition) is 1. The van der Waals surface area contributed by atoms with E-state index >= 15 is 0 Å². The highest BCUT2D eigenvalue weighted by Crippen LogP contribution is 2.66. The average Bonchev–Trinajstić information content (AvgIpc) is 2.92. The average molecular weight is 363 g/mol. The lowest BCUT2D eigenvalue weighted by Crippen LogP contribution is -2.54. The van der Waals surface area contributed by atoms with Crippen molar-refractivity contribution in [3.8, 4) is 0 Å². The van der Waals surface area contributed by atoms with E-state index in [0.717, 1.165) is 49.4 Å². The van der Waals surface area contributed by atoms with Crippen LogP contribution in [0.5, 0.6) is 0 Å². The van der Waals surface area contributed by atoms with E-state index in [4.69, 9.17) is 4.74 Å². The Kier molecular flexibility index (Phi) is 4.91. The zero-order chi connectivity index (χ0) is 18.5. The zero-order valence-corrected chi connectivity index (χ0v) is 17.0. The Morgan fingerprint density at radius 3 is 2.50 bits per heavy atom. The van der Waals surface area contributed by atoms with Crippen LogP contribution < -0.4 is 0 Å². The molecule has 8 atom stereocenters. The molecule has 0 amide bonds. The van der Waals surface area contributed by atoms with Gasteiger partial charge in [0.2, 0.25) is 0 Å². The van der Waals surface area contributed by atoms with Crippen LogP contribution in [0.2, 0.25) is 0 Å². The van der Waals surface area contributed by atoms with Gasteiger partial charge >= 0.3 is 5.97 Å². The fraction of sp³-hybridized carbons (Fsp3) is 0.957. The van der Waals surface area contributed by atoms with Gasteiger partial charge in [-0.3, -0.25) is 4.79 Å². The van der Waals surface area contributed by atoms with Crippen molar-refractivity contribution in [2.45, 2.75) is 104 Å². The van der Waals surface area contributed by atoms with Gasteiger partial charge in [-0.15, -0.1) is 0 Å². The van der Waals surface area contributed by atoms with Crippen LogP contribution in [0.1, 0.15) is 91.4 Å². The smallest absolute Gasteiger partial charge is 0.306 e. The van der Waals surface area contributed by atoms with Gasteiger partial charge in [0.15, 0.2) is 0 Å².